The second-order valence-corrected chi connectivity index (χ2v) is 11.9. The standard InChI is InChI=1S/C26H44O4/c1-6-17-21-14-16(27)9-11-26(21,4)20-10-12-25(3)18(15(2)13-22(28)30-5)7-8-19(25)23(20)24(17)29/h15-21,23-24,27,29H,6-14H2,1-5H3/t15-,16-,17-,18-,19?,20?,21?,23?,24?,25-,26-/m1/s1. The molecule has 0 aliphatic heterocycles. The minimum absolute atomic E-state index is 0.0944. The number of fused-ring (bicyclic) bond motifs is 5. The second-order valence-electron chi connectivity index (χ2n) is 11.9. The Bertz CT molecular complexity index is 649. The highest BCUT2D eigenvalue weighted by molar-refractivity contribution is 5.69. The third-order valence-electron chi connectivity index (χ3n) is 10.9. The first-order chi connectivity index (χ1) is 14.2. The van der Waals surface area contributed by atoms with Crippen molar-refractivity contribution in [1.29, 1.82) is 0 Å². The first-order valence-electron chi connectivity index (χ1n) is 12.6. The summed E-state index contributed by atoms with van der Waals surface area (Å²) in [6.07, 6.45) is 8.73. The number of rotatable bonds is 4. The van der Waals surface area contributed by atoms with Crippen LogP contribution in [0.1, 0.15) is 85.5 Å². The van der Waals surface area contributed by atoms with Crippen molar-refractivity contribution in [1.82, 2.24) is 0 Å². The van der Waals surface area contributed by atoms with Gasteiger partial charge < -0.3 is 14.9 Å². The number of aliphatic hydroxyl groups is 2. The summed E-state index contributed by atoms with van der Waals surface area (Å²) in [4.78, 5) is 11.9. The summed E-state index contributed by atoms with van der Waals surface area (Å²) < 4.78 is 4.96. The predicted molar refractivity (Wildman–Crippen MR) is 118 cm³/mol. The molecule has 2 N–H and O–H groups in total. The van der Waals surface area contributed by atoms with Gasteiger partial charge in [-0.15, -0.1) is 0 Å². The zero-order valence-electron chi connectivity index (χ0n) is 19.8. The summed E-state index contributed by atoms with van der Waals surface area (Å²) in [5.74, 6) is 3.02. The summed E-state index contributed by atoms with van der Waals surface area (Å²) in [5.41, 5.74) is 0.464. The lowest BCUT2D eigenvalue weighted by molar-refractivity contribution is -0.203. The maximum absolute atomic E-state index is 11.9. The van der Waals surface area contributed by atoms with Crippen molar-refractivity contribution in [3.8, 4) is 0 Å². The minimum Gasteiger partial charge on any atom is -0.469 e. The Hall–Kier alpha value is -0.610. The number of carbonyl (C=O) groups is 1. The largest absolute Gasteiger partial charge is 0.469 e. The van der Waals surface area contributed by atoms with Crippen LogP contribution in [0.15, 0.2) is 0 Å². The SMILES string of the molecule is CC[C@H]1C(O)C2C(CC[C@@]3(C)C2CC[C@@H]3[C@H](C)CC(=O)OC)[C@@]2(C)CC[C@@H](O)CC12. The van der Waals surface area contributed by atoms with Crippen LogP contribution >= 0.6 is 0 Å². The summed E-state index contributed by atoms with van der Waals surface area (Å²) in [6, 6.07) is 0. The van der Waals surface area contributed by atoms with Gasteiger partial charge in [0.25, 0.3) is 0 Å². The van der Waals surface area contributed by atoms with Crippen molar-refractivity contribution in [2.24, 2.45) is 52.3 Å². The van der Waals surface area contributed by atoms with Gasteiger partial charge in [-0.2, -0.15) is 0 Å². The minimum atomic E-state index is -0.248. The van der Waals surface area contributed by atoms with Crippen molar-refractivity contribution in [3.05, 3.63) is 0 Å². The van der Waals surface area contributed by atoms with Gasteiger partial charge in [0.1, 0.15) is 0 Å². The molecular weight excluding hydrogens is 376 g/mol. The molecule has 4 rings (SSSR count). The highest BCUT2D eigenvalue weighted by Crippen LogP contribution is 2.69. The van der Waals surface area contributed by atoms with Crippen molar-refractivity contribution in [2.45, 2.75) is 97.7 Å². The van der Waals surface area contributed by atoms with Gasteiger partial charge in [0.05, 0.1) is 19.3 Å². The van der Waals surface area contributed by atoms with Gasteiger partial charge in [-0.3, -0.25) is 4.79 Å². The van der Waals surface area contributed by atoms with Crippen LogP contribution in [0.25, 0.3) is 0 Å². The Morgan fingerprint density at radius 1 is 1.03 bits per heavy atom. The first-order valence-corrected chi connectivity index (χ1v) is 12.6. The van der Waals surface area contributed by atoms with E-state index in [4.69, 9.17) is 4.74 Å². The maximum Gasteiger partial charge on any atom is 0.305 e. The Labute approximate surface area is 183 Å². The number of esters is 1. The zero-order chi connectivity index (χ0) is 21.8. The van der Waals surface area contributed by atoms with E-state index in [1.165, 1.54) is 32.8 Å². The van der Waals surface area contributed by atoms with E-state index in [-0.39, 0.29) is 29.0 Å². The van der Waals surface area contributed by atoms with E-state index in [0.29, 0.717) is 47.8 Å². The molecule has 4 fully saturated rings. The van der Waals surface area contributed by atoms with Gasteiger partial charge in [0.2, 0.25) is 0 Å². The normalized spacial score (nSPS) is 51.4. The third-order valence-corrected chi connectivity index (χ3v) is 10.9. The van der Waals surface area contributed by atoms with Crippen molar-refractivity contribution in [2.75, 3.05) is 7.11 Å². The lowest BCUT2D eigenvalue weighted by Crippen LogP contribution is -2.62. The van der Waals surface area contributed by atoms with E-state index in [2.05, 4.69) is 27.7 Å². The molecule has 172 valence electrons. The molecule has 4 aliphatic carbocycles. The zero-order valence-corrected chi connectivity index (χ0v) is 19.8. The summed E-state index contributed by atoms with van der Waals surface area (Å²) in [7, 11) is 1.49. The number of ether oxygens (including phenoxy) is 1. The number of hydrogen-bond donors (Lipinski definition) is 2. The van der Waals surface area contributed by atoms with Gasteiger partial charge >= 0.3 is 5.97 Å². The average molecular weight is 421 g/mol. The van der Waals surface area contributed by atoms with Gasteiger partial charge in [-0.25, -0.2) is 0 Å². The molecule has 5 unspecified atom stereocenters. The van der Waals surface area contributed by atoms with Gasteiger partial charge in [0, 0.05) is 6.42 Å². The van der Waals surface area contributed by atoms with Crippen LogP contribution in [0.4, 0.5) is 0 Å². The van der Waals surface area contributed by atoms with Gasteiger partial charge in [0.15, 0.2) is 0 Å². The monoisotopic (exact) mass is 420 g/mol. The topological polar surface area (TPSA) is 66.8 Å². The Balaban J connectivity index is 1.63. The molecule has 0 aromatic heterocycles. The molecule has 0 aromatic carbocycles. The van der Waals surface area contributed by atoms with Crippen molar-refractivity contribution < 1.29 is 19.7 Å². The van der Waals surface area contributed by atoms with Crippen LogP contribution in [-0.2, 0) is 9.53 Å². The summed E-state index contributed by atoms with van der Waals surface area (Å²) >= 11 is 0. The van der Waals surface area contributed by atoms with Crippen molar-refractivity contribution in [3.63, 3.8) is 0 Å². The molecule has 4 aliphatic rings. The smallest absolute Gasteiger partial charge is 0.305 e. The lowest BCUT2D eigenvalue weighted by Gasteiger charge is -2.64. The highest BCUT2D eigenvalue weighted by atomic mass is 16.5. The fourth-order valence-electron chi connectivity index (χ4n) is 9.42. The molecule has 30 heavy (non-hydrogen) atoms. The van der Waals surface area contributed by atoms with Crippen LogP contribution in [0.5, 0.6) is 0 Å². The maximum atomic E-state index is 11.9. The van der Waals surface area contributed by atoms with Crippen molar-refractivity contribution >= 4 is 5.97 Å². The lowest BCUT2D eigenvalue weighted by atomic mass is 9.41. The molecule has 0 spiro atoms. The van der Waals surface area contributed by atoms with E-state index >= 15 is 0 Å². The average Bonchev–Trinajstić information content (AvgIpc) is 3.06. The molecule has 0 amide bonds. The van der Waals surface area contributed by atoms with Crippen LogP contribution in [-0.4, -0.2) is 35.5 Å². The molecule has 0 aromatic rings. The second kappa shape index (κ2) is 8.06. The molecular formula is C26H44O4. The number of aliphatic hydroxyl groups excluding tert-OH is 2. The molecule has 0 saturated heterocycles. The number of carbonyl (C=O) groups excluding carboxylic acids is 1. The van der Waals surface area contributed by atoms with Gasteiger partial charge in [-0.1, -0.05) is 34.1 Å². The molecule has 0 radical (unpaired) electrons. The predicted octanol–water partition coefficient (Wildman–Crippen LogP) is 4.81. The summed E-state index contributed by atoms with van der Waals surface area (Å²) in [5, 5.41) is 22.1. The van der Waals surface area contributed by atoms with Crippen LogP contribution in [0.3, 0.4) is 0 Å². The summed E-state index contributed by atoms with van der Waals surface area (Å²) in [6.45, 7) is 9.41. The van der Waals surface area contributed by atoms with E-state index in [1.54, 1.807) is 0 Å². The first kappa shape index (κ1) is 22.6. The molecule has 0 heterocycles. The molecule has 0 bridgehead atoms. The fraction of sp³-hybridized carbons (Fsp3) is 0.962. The molecule has 4 saturated carbocycles. The Morgan fingerprint density at radius 3 is 2.37 bits per heavy atom. The van der Waals surface area contributed by atoms with E-state index < -0.39 is 0 Å². The fourth-order valence-corrected chi connectivity index (χ4v) is 9.42. The third kappa shape index (κ3) is 3.27. The van der Waals surface area contributed by atoms with E-state index in [0.717, 1.165) is 25.7 Å². The molecule has 4 nitrogen and oxygen atoms in total. The molecule has 11 atom stereocenters. The van der Waals surface area contributed by atoms with Crippen LogP contribution in [0.2, 0.25) is 0 Å². The van der Waals surface area contributed by atoms with Crippen LogP contribution in [0, 0.1) is 52.3 Å². The Kier molecular flexibility index (Phi) is 6.07. The van der Waals surface area contributed by atoms with E-state index in [1.807, 2.05) is 0 Å². The van der Waals surface area contributed by atoms with Gasteiger partial charge in [-0.05, 0) is 97.2 Å². The Morgan fingerprint density at radius 2 is 1.70 bits per heavy atom. The quantitative estimate of drug-likeness (QED) is 0.640. The number of methoxy groups -OCH3 is 1. The van der Waals surface area contributed by atoms with Crippen LogP contribution < -0.4 is 0 Å². The molecule has 4 heteroatoms. The van der Waals surface area contributed by atoms with E-state index in [9.17, 15) is 15.0 Å². The highest BCUT2D eigenvalue weighted by Gasteiger charge is 2.64. The number of hydrogen-bond acceptors (Lipinski definition) is 4.